The second-order valence-electron chi connectivity index (χ2n) is 6.61. The molecule has 0 atom stereocenters. The van der Waals surface area contributed by atoms with Gasteiger partial charge in [-0.3, -0.25) is 4.98 Å². The lowest BCUT2D eigenvalue weighted by atomic mass is 10.1. The van der Waals surface area contributed by atoms with Crippen LogP contribution in [0.25, 0.3) is 28.2 Å². The highest BCUT2D eigenvalue weighted by molar-refractivity contribution is 7.91. The lowest BCUT2D eigenvalue weighted by Crippen LogP contribution is -2.01. The zero-order valence-electron chi connectivity index (χ0n) is 15.5. The first kappa shape index (κ1) is 19.2. The highest BCUT2D eigenvalue weighted by Gasteiger charge is 2.14. The summed E-state index contributed by atoms with van der Waals surface area (Å²) in [5, 5.41) is 4.58. The molecule has 1 aromatic carbocycles. The van der Waals surface area contributed by atoms with Gasteiger partial charge in [0, 0.05) is 36.0 Å². The summed E-state index contributed by atoms with van der Waals surface area (Å²) in [6.07, 6.45) is 6.68. The Hall–Kier alpha value is -3.11. The standard InChI is InChI=1S/C19H16N4O4S2/c1-28(24,25)15-5-3-4-13(8-15)17-6-7-19-21-12-18(23(19)22-17)14-9-16(11-20-10-14)29(2,26)27/h3-12H,1-2H3. The van der Waals surface area contributed by atoms with E-state index in [1.807, 2.05) is 0 Å². The Balaban J connectivity index is 1.87. The number of benzene rings is 1. The normalized spacial score (nSPS) is 12.3. The lowest BCUT2D eigenvalue weighted by molar-refractivity contribution is 0.600. The number of fused-ring (bicyclic) bond motifs is 1. The molecule has 3 heterocycles. The van der Waals surface area contributed by atoms with Gasteiger partial charge in [0.15, 0.2) is 25.3 Å². The Kier molecular flexibility index (Phi) is 4.47. The fourth-order valence-corrected chi connectivity index (χ4v) is 4.13. The third-order valence-corrected chi connectivity index (χ3v) is 6.55. The lowest BCUT2D eigenvalue weighted by Gasteiger charge is -2.07. The molecule has 0 spiro atoms. The number of pyridine rings is 1. The summed E-state index contributed by atoms with van der Waals surface area (Å²) in [7, 11) is -6.76. The second kappa shape index (κ2) is 6.75. The maximum atomic E-state index is 11.8. The Morgan fingerprint density at radius 3 is 2.24 bits per heavy atom. The van der Waals surface area contributed by atoms with E-state index in [0.29, 0.717) is 28.2 Å². The molecule has 0 fully saturated rings. The molecule has 4 aromatic rings. The molecule has 0 saturated heterocycles. The third kappa shape index (κ3) is 3.76. The number of imidazole rings is 1. The Morgan fingerprint density at radius 1 is 0.793 bits per heavy atom. The first-order chi connectivity index (χ1) is 13.6. The molecule has 0 amide bonds. The van der Waals surface area contributed by atoms with Gasteiger partial charge in [-0.05, 0) is 30.3 Å². The molecule has 29 heavy (non-hydrogen) atoms. The van der Waals surface area contributed by atoms with Crippen molar-refractivity contribution in [3.63, 3.8) is 0 Å². The minimum atomic E-state index is -3.41. The molecular formula is C19H16N4O4S2. The van der Waals surface area contributed by atoms with Crippen LogP contribution < -0.4 is 0 Å². The molecule has 0 aliphatic heterocycles. The number of hydrogen-bond acceptors (Lipinski definition) is 7. The van der Waals surface area contributed by atoms with Crippen LogP contribution in [0.1, 0.15) is 0 Å². The summed E-state index contributed by atoms with van der Waals surface area (Å²) in [5.41, 5.74) is 2.87. The van der Waals surface area contributed by atoms with Crippen molar-refractivity contribution < 1.29 is 16.8 Å². The van der Waals surface area contributed by atoms with E-state index in [2.05, 4.69) is 15.1 Å². The van der Waals surface area contributed by atoms with Gasteiger partial charge in [-0.25, -0.2) is 26.3 Å². The van der Waals surface area contributed by atoms with Crippen LogP contribution in [0.2, 0.25) is 0 Å². The SMILES string of the molecule is CS(=O)(=O)c1cccc(-c2ccc3ncc(-c4cncc(S(C)(=O)=O)c4)n3n2)c1. The van der Waals surface area contributed by atoms with Crippen LogP contribution in [0, 0.1) is 0 Å². The van der Waals surface area contributed by atoms with Gasteiger partial charge < -0.3 is 0 Å². The van der Waals surface area contributed by atoms with E-state index in [-0.39, 0.29) is 9.79 Å². The topological polar surface area (TPSA) is 111 Å². The maximum absolute atomic E-state index is 11.8. The van der Waals surface area contributed by atoms with Crippen molar-refractivity contribution >= 4 is 25.3 Å². The van der Waals surface area contributed by atoms with Crippen LogP contribution in [0.4, 0.5) is 0 Å². The third-order valence-electron chi connectivity index (χ3n) is 4.36. The minimum Gasteiger partial charge on any atom is -0.263 e. The summed E-state index contributed by atoms with van der Waals surface area (Å²) < 4.78 is 49.0. The van der Waals surface area contributed by atoms with Crippen molar-refractivity contribution in [3.05, 3.63) is 61.1 Å². The molecule has 0 aliphatic carbocycles. The molecule has 10 heteroatoms. The molecule has 8 nitrogen and oxygen atoms in total. The van der Waals surface area contributed by atoms with Gasteiger partial charge in [0.05, 0.1) is 27.4 Å². The van der Waals surface area contributed by atoms with Crippen molar-refractivity contribution in [2.75, 3.05) is 12.5 Å². The molecule has 0 aliphatic rings. The van der Waals surface area contributed by atoms with E-state index in [0.717, 1.165) is 12.5 Å². The molecule has 4 rings (SSSR count). The Labute approximate surface area is 167 Å². The maximum Gasteiger partial charge on any atom is 0.177 e. The number of nitrogens with zero attached hydrogens (tertiary/aromatic N) is 4. The highest BCUT2D eigenvalue weighted by Crippen LogP contribution is 2.25. The fourth-order valence-electron chi connectivity index (χ4n) is 2.87. The van der Waals surface area contributed by atoms with Crippen LogP contribution in [-0.4, -0.2) is 48.9 Å². The smallest absolute Gasteiger partial charge is 0.177 e. The van der Waals surface area contributed by atoms with Gasteiger partial charge in [-0.2, -0.15) is 5.10 Å². The van der Waals surface area contributed by atoms with Crippen molar-refractivity contribution in [2.24, 2.45) is 0 Å². The first-order valence-corrected chi connectivity index (χ1v) is 12.2. The van der Waals surface area contributed by atoms with E-state index in [1.54, 1.807) is 41.0 Å². The summed E-state index contributed by atoms with van der Waals surface area (Å²) >= 11 is 0. The van der Waals surface area contributed by atoms with Crippen LogP contribution in [0.15, 0.2) is 70.8 Å². The molecule has 0 bridgehead atoms. The molecular weight excluding hydrogens is 412 g/mol. The zero-order valence-corrected chi connectivity index (χ0v) is 17.1. The summed E-state index contributed by atoms with van der Waals surface area (Å²) in [5.74, 6) is 0. The van der Waals surface area contributed by atoms with Gasteiger partial charge >= 0.3 is 0 Å². The van der Waals surface area contributed by atoms with Crippen LogP contribution >= 0.6 is 0 Å². The quantitative estimate of drug-likeness (QED) is 0.490. The Bertz CT molecular complexity index is 1460. The second-order valence-corrected chi connectivity index (χ2v) is 10.6. The van der Waals surface area contributed by atoms with Crippen molar-refractivity contribution in [2.45, 2.75) is 9.79 Å². The first-order valence-electron chi connectivity index (χ1n) is 8.44. The zero-order chi connectivity index (χ0) is 20.8. The van der Waals surface area contributed by atoms with E-state index >= 15 is 0 Å². The monoisotopic (exact) mass is 428 g/mol. The van der Waals surface area contributed by atoms with Crippen LogP contribution in [0.5, 0.6) is 0 Å². The molecule has 148 valence electrons. The largest absolute Gasteiger partial charge is 0.263 e. The van der Waals surface area contributed by atoms with E-state index in [9.17, 15) is 16.8 Å². The van der Waals surface area contributed by atoms with Crippen molar-refractivity contribution in [1.29, 1.82) is 0 Å². The van der Waals surface area contributed by atoms with E-state index in [4.69, 9.17) is 0 Å². The van der Waals surface area contributed by atoms with Crippen molar-refractivity contribution in [1.82, 2.24) is 19.6 Å². The predicted octanol–water partition coefficient (Wildman–Crippen LogP) is 2.27. The summed E-state index contributed by atoms with van der Waals surface area (Å²) in [6, 6.07) is 11.5. The molecule has 0 saturated carbocycles. The average molecular weight is 428 g/mol. The van der Waals surface area contributed by atoms with Gasteiger partial charge in [-0.1, -0.05) is 12.1 Å². The van der Waals surface area contributed by atoms with Gasteiger partial charge in [-0.15, -0.1) is 0 Å². The fraction of sp³-hybridized carbons (Fsp3) is 0.105. The van der Waals surface area contributed by atoms with Crippen LogP contribution in [0.3, 0.4) is 0 Å². The van der Waals surface area contributed by atoms with Crippen molar-refractivity contribution in [3.8, 4) is 22.5 Å². The number of rotatable bonds is 4. The molecule has 0 unspecified atom stereocenters. The molecule has 0 radical (unpaired) electrons. The van der Waals surface area contributed by atoms with E-state index in [1.165, 1.54) is 24.5 Å². The summed E-state index contributed by atoms with van der Waals surface area (Å²) in [4.78, 5) is 8.62. The predicted molar refractivity (Wildman–Crippen MR) is 108 cm³/mol. The minimum absolute atomic E-state index is 0.0990. The highest BCUT2D eigenvalue weighted by atomic mass is 32.2. The number of sulfone groups is 2. The number of hydrogen-bond donors (Lipinski definition) is 0. The summed E-state index contributed by atoms with van der Waals surface area (Å²) in [6.45, 7) is 0. The number of aromatic nitrogens is 4. The molecule has 3 aromatic heterocycles. The Morgan fingerprint density at radius 2 is 1.52 bits per heavy atom. The van der Waals surface area contributed by atoms with Gasteiger partial charge in [0.1, 0.15) is 0 Å². The molecule has 0 N–H and O–H groups in total. The van der Waals surface area contributed by atoms with Gasteiger partial charge in [0.25, 0.3) is 0 Å². The van der Waals surface area contributed by atoms with E-state index < -0.39 is 19.7 Å². The van der Waals surface area contributed by atoms with Gasteiger partial charge in [0.2, 0.25) is 0 Å². The average Bonchev–Trinajstić information content (AvgIpc) is 3.10. The van der Waals surface area contributed by atoms with Crippen LogP contribution in [-0.2, 0) is 19.7 Å².